The second kappa shape index (κ2) is 4.73. The zero-order chi connectivity index (χ0) is 10.5. The van der Waals surface area contributed by atoms with E-state index in [1.54, 1.807) is 0 Å². The van der Waals surface area contributed by atoms with Crippen LogP contribution in [-0.2, 0) is 28.4 Å². The molecule has 0 spiro atoms. The first-order valence-corrected chi connectivity index (χ1v) is 4.44. The van der Waals surface area contributed by atoms with Crippen LogP contribution in [-0.4, -0.2) is 27.3 Å². The van der Waals surface area contributed by atoms with Gasteiger partial charge in [0.1, 0.15) is 12.9 Å². The van der Waals surface area contributed by atoms with Crippen LogP contribution in [0.15, 0.2) is 12.2 Å². The Morgan fingerprint density at radius 1 is 1.54 bits per heavy atom. The van der Waals surface area contributed by atoms with Gasteiger partial charge >= 0.3 is 16.4 Å². The van der Waals surface area contributed by atoms with Crippen LogP contribution >= 0.6 is 0 Å². The summed E-state index contributed by atoms with van der Waals surface area (Å²) >= 11 is 0. The van der Waals surface area contributed by atoms with Gasteiger partial charge in [-0.15, -0.1) is 0 Å². The largest absolute Gasteiger partial charge is 0.452 e. The van der Waals surface area contributed by atoms with E-state index in [4.69, 9.17) is 0 Å². The van der Waals surface area contributed by atoms with Crippen LogP contribution < -0.4 is 0 Å². The molecule has 74 valence electrons. The molecule has 0 bridgehead atoms. The van der Waals surface area contributed by atoms with E-state index in [0.717, 1.165) is 0 Å². The molecule has 0 amide bonds. The quantitative estimate of drug-likeness (QED) is 0.450. The molecular weight excluding hydrogens is 200 g/mol. The molecule has 0 radical (unpaired) electrons. The lowest BCUT2D eigenvalue weighted by Gasteiger charge is -2.02. The van der Waals surface area contributed by atoms with Crippen molar-refractivity contribution in [1.82, 2.24) is 0 Å². The molecule has 0 aromatic rings. The molecule has 0 N–H and O–H groups in total. The maximum atomic E-state index is 10.7. The summed E-state index contributed by atoms with van der Waals surface area (Å²) in [5.41, 5.74) is -0.0849. The monoisotopic (exact) mass is 208 g/mol. The molecule has 0 rings (SSSR count). The summed E-state index contributed by atoms with van der Waals surface area (Å²) in [5, 5.41) is 0. The molecular formula is C6H8O6S. The van der Waals surface area contributed by atoms with E-state index >= 15 is 0 Å². The second-order valence-corrected chi connectivity index (χ2v) is 3.23. The third-order valence-electron chi connectivity index (χ3n) is 0.807. The van der Waals surface area contributed by atoms with Gasteiger partial charge < -0.3 is 8.98 Å². The van der Waals surface area contributed by atoms with Gasteiger partial charge in [0, 0.05) is 5.57 Å². The Morgan fingerprint density at radius 2 is 2.08 bits per heavy atom. The standard InChI is InChI=1S/C6H8O6S/c1-5(2)6(8)12-13(9,10)11-4-3-7/h3H,1,4H2,2H3. The van der Waals surface area contributed by atoms with Crippen LogP contribution in [0, 0.1) is 0 Å². The molecule has 0 saturated heterocycles. The summed E-state index contributed by atoms with van der Waals surface area (Å²) in [6, 6.07) is 0. The van der Waals surface area contributed by atoms with Crippen molar-refractivity contribution in [2.75, 3.05) is 6.61 Å². The first-order chi connectivity index (χ1) is 5.89. The van der Waals surface area contributed by atoms with Crippen molar-refractivity contribution in [2.45, 2.75) is 6.92 Å². The predicted octanol–water partition coefficient (Wildman–Crippen LogP) is -0.434. The van der Waals surface area contributed by atoms with E-state index in [-0.39, 0.29) is 11.9 Å². The molecule has 0 aliphatic heterocycles. The van der Waals surface area contributed by atoms with Gasteiger partial charge in [0.2, 0.25) is 0 Å². The number of aldehydes is 1. The minimum Gasteiger partial charge on any atom is -0.320 e. The van der Waals surface area contributed by atoms with Crippen LogP contribution in [0.5, 0.6) is 0 Å². The fourth-order valence-corrected chi connectivity index (χ4v) is 0.897. The second-order valence-electron chi connectivity index (χ2n) is 2.01. The first kappa shape index (κ1) is 11.8. The van der Waals surface area contributed by atoms with Crippen LogP contribution in [0.2, 0.25) is 0 Å². The molecule has 0 unspecified atom stereocenters. The highest BCUT2D eigenvalue weighted by Gasteiger charge is 2.17. The minimum atomic E-state index is -4.43. The van der Waals surface area contributed by atoms with E-state index < -0.39 is 23.0 Å². The SMILES string of the molecule is C=C(C)C(=O)OS(=O)(=O)OCC=O. The average Bonchev–Trinajstić information content (AvgIpc) is 2.00. The van der Waals surface area contributed by atoms with Crippen LogP contribution in [0.25, 0.3) is 0 Å². The zero-order valence-corrected chi connectivity index (χ0v) is 7.67. The van der Waals surface area contributed by atoms with Gasteiger partial charge in [-0.1, -0.05) is 6.58 Å². The maximum absolute atomic E-state index is 10.7. The van der Waals surface area contributed by atoms with Crippen molar-refractivity contribution in [1.29, 1.82) is 0 Å². The highest BCUT2D eigenvalue weighted by Crippen LogP contribution is 2.00. The van der Waals surface area contributed by atoms with Crippen molar-refractivity contribution in [3.63, 3.8) is 0 Å². The molecule has 0 aromatic carbocycles. The Kier molecular flexibility index (Phi) is 4.29. The molecule has 6 nitrogen and oxygen atoms in total. The van der Waals surface area contributed by atoms with Crippen molar-refractivity contribution in [3.8, 4) is 0 Å². The van der Waals surface area contributed by atoms with E-state index in [1.165, 1.54) is 6.92 Å². The van der Waals surface area contributed by atoms with Gasteiger partial charge in [-0.2, -0.15) is 8.42 Å². The van der Waals surface area contributed by atoms with Gasteiger partial charge in [-0.25, -0.2) is 8.98 Å². The minimum absolute atomic E-state index is 0.0849. The Bertz CT molecular complexity index is 314. The summed E-state index contributed by atoms with van der Waals surface area (Å²) in [7, 11) is -4.43. The van der Waals surface area contributed by atoms with Crippen molar-refractivity contribution in [2.24, 2.45) is 0 Å². The molecule has 0 heterocycles. The summed E-state index contributed by atoms with van der Waals surface area (Å²) in [4.78, 5) is 20.4. The highest BCUT2D eigenvalue weighted by atomic mass is 32.3. The molecule has 13 heavy (non-hydrogen) atoms. The van der Waals surface area contributed by atoms with E-state index in [0.29, 0.717) is 0 Å². The molecule has 0 fully saturated rings. The molecule has 0 aromatic heterocycles. The zero-order valence-electron chi connectivity index (χ0n) is 6.85. The van der Waals surface area contributed by atoms with Crippen molar-refractivity contribution < 1.29 is 26.4 Å². The Morgan fingerprint density at radius 3 is 2.46 bits per heavy atom. The van der Waals surface area contributed by atoms with E-state index in [1.807, 2.05) is 0 Å². The molecule has 0 atom stereocenters. The van der Waals surface area contributed by atoms with Gasteiger partial charge in [-0.05, 0) is 6.92 Å². The van der Waals surface area contributed by atoms with E-state index in [9.17, 15) is 18.0 Å². The number of hydrogen-bond donors (Lipinski definition) is 0. The Balaban J connectivity index is 4.26. The number of hydrogen-bond acceptors (Lipinski definition) is 6. The van der Waals surface area contributed by atoms with Gasteiger partial charge in [0.25, 0.3) is 0 Å². The summed E-state index contributed by atoms with van der Waals surface area (Å²) < 4.78 is 29.1. The first-order valence-electron chi connectivity index (χ1n) is 3.11. The normalized spacial score (nSPS) is 10.5. The summed E-state index contributed by atoms with van der Waals surface area (Å²) in [5.74, 6) is -1.12. The van der Waals surface area contributed by atoms with Gasteiger partial charge in [-0.3, -0.25) is 0 Å². The number of carbonyl (C=O) groups is 2. The molecule has 0 aliphatic carbocycles. The lowest BCUT2D eigenvalue weighted by Crippen LogP contribution is -2.16. The predicted molar refractivity (Wildman–Crippen MR) is 41.8 cm³/mol. The van der Waals surface area contributed by atoms with Gasteiger partial charge in [0.15, 0.2) is 0 Å². The van der Waals surface area contributed by atoms with Crippen LogP contribution in [0.3, 0.4) is 0 Å². The smallest absolute Gasteiger partial charge is 0.320 e. The molecule has 0 saturated carbocycles. The van der Waals surface area contributed by atoms with Gasteiger partial charge in [0.05, 0.1) is 0 Å². The van der Waals surface area contributed by atoms with Crippen molar-refractivity contribution in [3.05, 3.63) is 12.2 Å². The Labute approximate surface area is 75.5 Å². The van der Waals surface area contributed by atoms with Crippen LogP contribution in [0.1, 0.15) is 6.92 Å². The maximum Gasteiger partial charge on any atom is 0.452 e. The van der Waals surface area contributed by atoms with Crippen molar-refractivity contribution >= 4 is 22.7 Å². The van der Waals surface area contributed by atoms with E-state index in [2.05, 4.69) is 14.9 Å². The lowest BCUT2D eigenvalue weighted by atomic mass is 10.4. The fraction of sp³-hybridized carbons (Fsp3) is 0.333. The topological polar surface area (TPSA) is 86.7 Å². The number of carbonyl (C=O) groups excluding carboxylic acids is 2. The fourth-order valence-electron chi connectivity index (χ4n) is 0.299. The Hall–Kier alpha value is -1.21. The molecule has 7 heteroatoms. The highest BCUT2D eigenvalue weighted by molar-refractivity contribution is 7.82. The third kappa shape index (κ3) is 5.10. The average molecular weight is 208 g/mol. The number of rotatable bonds is 5. The third-order valence-corrected chi connectivity index (χ3v) is 1.59. The summed E-state index contributed by atoms with van der Waals surface area (Å²) in [6.07, 6.45) is 0.214. The lowest BCUT2D eigenvalue weighted by molar-refractivity contribution is -0.130. The summed E-state index contributed by atoms with van der Waals surface area (Å²) in [6.45, 7) is 3.74. The van der Waals surface area contributed by atoms with Crippen LogP contribution in [0.4, 0.5) is 0 Å². The molecule has 0 aliphatic rings.